The summed E-state index contributed by atoms with van der Waals surface area (Å²) in [4.78, 5) is 25.2. The average molecular weight is 468 g/mol. The Morgan fingerprint density at radius 2 is 1.74 bits per heavy atom. The van der Waals surface area contributed by atoms with Crippen LogP contribution in [0.3, 0.4) is 0 Å². The average Bonchev–Trinajstić information content (AvgIpc) is 3.37. The summed E-state index contributed by atoms with van der Waals surface area (Å²) in [6, 6.07) is 22.9. The molecule has 0 radical (unpaired) electrons. The van der Waals surface area contributed by atoms with Gasteiger partial charge in [0.25, 0.3) is 5.91 Å². The van der Waals surface area contributed by atoms with Gasteiger partial charge in [-0.05, 0) is 58.8 Å². The van der Waals surface area contributed by atoms with E-state index in [1.165, 1.54) is 13.3 Å². The number of fused-ring (bicyclic) bond motifs is 2. The van der Waals surface area contributed by atoms with Crippen LogP contribution < -0.4 is 24.4 Å². The van der Waals surface area contributed by atoms with Gasteiger partial charge in [-0.3, -0.25) is 4.79 Å². The van der Waals surface area contributed by atoms with Gasteiger partial charge in [-0.2, -0.15) is 5.10 Å². The summed E-state index contributed by atoms with van der Waals surface area (Å²) in [5, 5.41) is 5.75. The molecule has 1 aliphatic heterocycles. The predicted molar refractivity (Wildman–Crippen MR) is 130 cm³/mol. The number of methoxy groups -OCH3 is 1. The minimum Gasteiger partial charge on any atom is -0.493 e. The molecule has 4 aromatic rings. The van der Waals surface area contributed by atoms with Crippen LogP contribution in [0.5, 0.6) is 23.0 Å². The van der Waals surface area contributed by atoms with Crippen LogP contribution in [0.15, 0.2) is 84.0 Å². The van der Waals surface area contributed by atoms with Crippen molar-refractivity contribution in [1.82, 2.24) is 5.43 Å². The Labute approximate surface area is 200 Å². The number of hydrogen-bond acceptors (Lipinski definition) is 7. The van der Waals surface area contributed by atoms with E-state index in [2.05, 4.69) is 10.5 Å². The number of benzene rings is 4. The zero-order chi connectivity index (χ0) is 24.2. The summed E-state index contributed by atoms with van der Waals surface area (Å²) < 4.78 is 21.6. The molecular weight excluding hydrogens is 448 g/mol. The molecule has 0 aromatic heterocycles. The minimum atomic E-state index is -0.488. The third-order valence-electron chi connectivity index (χ3n) is 5.41. The lowest BCUT2D eigenvalue weighted by atomic mass is 10.0. The first kappa shape index (κ1) is 22.0. The molecule has 1 heterocycles. The van der Waals surface area contributed by atoms with E-state index in [9.17, 15) is 9.59 Å². The number of nitrogens with zero attached hydrogens (tertiary/aromatic N) is 1. The van der Waals surface area contributed by atoms with Crippen molar-refractivity contribution in [3.05, 3.63) is 95.6 Å². The maximum atomic E-state index is 12.9. The summed E-state index contributed by atoms with van der Waals surface area (Å²) >= 11 is 0. The van der Waals surface area contributed by atoms with Crippen LogP contribution >= 0.6 is 0 Å². The number of nitrogens with one attached hydrogen (secondary N) is 1. The Balaban J connectivity index is 1.28. The molecule has 174 valence electrons. The number of esters is 1. The molecule has 0 saturated heterocycles. The molecule has 1 aliphatic rings. The SMILES string of the molecule is COc1cc(C=NNC(=O)c2ccc3c(c2)OCO3)ccc1OC(=O)c1cccc2ccccc12. The maximum absolute atomic E-state index is 12.9. The van der Waals surface area contributed by atoms with Crippen LogP contribution in [0.1, 0.15) is 26.3 Å². The largest absolute Gasteiger partial charge is 0.493 e. The summed E-state index contributed by atoms with van der Waals surface area (Å²) in [7, 11) is 1.48. The van der Waals surface area contributed by atoms with E-state index in [1.54, 1.807) is 42.5 Å². The fourth-order valence-electron chi connectivity index (χ4n) is 3.67. The second-order valence-electron chi connectivity index (χ2n) is 7.59. The molecule has 0 aliphatic carbocycles. The zero-order valence-corrected chi connectivity index (χ0v) is 18.7. The van der Waals surface area contributed by atoms with Crippen LogP contribution in [-0.2, 0) is 0 Å². The van der Waals surface area contributed by atoms with E-state index in [0.717, 1.165) is 10.8 Å². The molecule has 5 rings (SSSR count). The van der Waals surface area contributed by atoms with Crippen molar-refractivity contribution in [3.8, 4) is 23.0 Å². The standard InChI is InChI=1S/C27H20N2O6/c1-32-24-13-17(15-28-29-26(30)19-10-12-22-25(14-19)34-16-33-22)9-11-23(24)35-27(31)21-8-4-6-18-5-2-3-7-20(18)21/h2-15H,16H2,1H3,(H,29,30). The van der Waals surface area contributed by atoms with Crippen molar-refractivity contribution >= 4 is 28.9 Å². The third-order valence-corrected chi connectivity index (χ3v) is 5.41. The van der Waals surface area contributed by atoms with Gasteiger partial charge in [0.15, 0.2) is 23.0 Å². The number of amides is 1. The van der Waals surface area contributed by atoms with Crippen LogP contribution in [0.4, 0.5) is 0 Å². The highest BCUT2D eigenvalue weighted by Crippen LogP contribution is 2.32. The lowest BCUT2D eigenvalue weighted by Crippen LogP contribution is -2.17. The fourth-order valence-corrected chi connectivity index (χ4v) is 3.67. The zero-order valence-electron chi connectivity index (χ0n) is 18.7. The molecule has 1 amide bonds. The number of rotatable bonds is 6. The number of ether oxygens (including phenoxy) is 4. The second kappa shape index (κ2) is 9.56. The van der Waals surface area contributed by atoms with Crippen molar-refractivity contribution in [2.45, 2.75) is 0 Å². The van der Waals surface area contributed by atoms with Crippen LogP contribution in [0.25, 0.3) is 10.8 Å². The van der Waals surface area contributed by atoms with Gasteiger partial charge in [0.2, 0.25) is 6.79 Å². The second-order valence-corrected chi connectivity index (χ2v) is 7.59. The molecule has 0 bridgehead atoms. The smallest absolute Gasteiger partial charge is 0.344 e. The maximum Gasteiger partial charge on any atom is 0.344 e. The highest BCUT2D eigenvalue weighted by Gasteiger charge is 2.17. The molecule has 0 fully saturated rings. The lowest BCUT2D eigenvalue weighted by Gasteiger charge is -2.11. The van der Waals surface area contributed by atoms with Gasteiger partial charge in [0.05, 0.1) is 18.9 Å². The topological polar surface area (TPSA) is 95.5 Å². The Bertz CT molecular complexity index is 1460. The molecular formula is C27H20N2O6. The van der Waals surface area contributed by atoms with Gasteiger partial charge >= 0.3 is 5.97 Å². The summed E-state index contributed by atoms with van der Waals surface area (Å²) in [5.74, 6) is 0.847. The van der Waals surface area contributed by atoms with Crippen molar-refractivity contribution in [3.63, 3.8) is 0 Å². The highest BCUT2D eigenvalue weighted by atomic mass is 16.7. The predicted octanol–water partition coefficient (Wildman–Crippen LogP) is 4.56. The Morgan fingerprint density at radius 1 is 0.914 bits per heavy atom. The summed E-state index contributed by atoms with van der Waals surface area (Å²) in [6.07, 6.45) is 1.46. The molecule has 0 unspecified atom stereocenters. The van der Waals surface area contributed by atoms with E-state index in [4.69, 9.17) is 18.9 Å². The van der Waals surface area contributed by atoms with Gasteiger partial charge in [-0.1, -0.05) is 36.4 Å². The van der Waals surface area contributed by atoms with E-state index in [-0.39, 0.29) is 12.5 Å². The molecule has 1 N–H and O–H groups in total. The minimum absolute atomic E-state index is 0.133. The van der Waals surface area contributed by atoms with Gasteiger partial charge in [-0.15, -0.1) is 0 Å². The Hall–Kier alpha value is -4.85. The van der Waals surface area contributed by atoms with E-state index in [1.807, 2.05) is 36.4 Å². The van der Waals surface area contributed by atoms with E-state index >= 15 is 0 Å². The molecule has 0 spiro atoms. The van der Waals surface area contributed by atoms with E-state index < -0.39 is 11.9 Å². The van der Waals surface area contributed by atoms with E-state index in [0.29, 0.717) is 33.9 Å². The lowest BCUT2D eigenvalue weighted by molar-refractivity contribution is 0.0731. The first-order chi connectivity index (χ1) is 17.1. The molecule has 4 aromatic carbocycles. The normalized spacial score (nSPS) is 12.0. The molecule has 8 heteroatoms. The number of hydrazone groups is 1. The summed E-state index contributed by atoms with van der Waals surface area (Å²) in [6.45, 7) is 0.133. The Kier molecular flexibility index (Phi) is 6.00. The Morgan fingerprint density at radius 3 is 2.63 bits per heavy atom. The van der Waals surface area contributed by atoms with Crippen LogP contribution in [0, 0.1) is 0 Å². The fraction of sp³-hybridized carbons (Fsp3) is 0.0741. The molecule has 0 atom stereocenters. The quantitative estimate of drug-likeness (QED) is 0.193. The molecule has 0 saturated carbocycles. The van der Waals surface area contributed by atoms with Crippen LogP contribution in [0.2, 0.25) is 0 Å². The molecule has 35 heavy (non-hydrogen) atoms. The van der Waals surface area contributed by atoms with Gasteiger partial charge < -0.3 is 18.9 Å². The third kappa shape index (κ3) is 4.63. The first-order valence-electron chi connectivity index (χ1n) is 10.7. The first-order valence-corrected chi connectivity index (χ1v) is 10.7. The van der Waals surface area contributed by atoms with Gasteiger partial charge in [0, 0.05) is 5.56 Å². The van der Waals surface area contributed by atoms with Gasteiger partial charge in [0.1, 0.15) is 0 Å². The number of carbonyl (C=O) groups is 2. The van der Waals surface area contributed by atoms with Crippen molar-refractivity contribution < 1.29 is 28.5 Å². The van der Waals surface area contributed by atoms with Crippen molar-refractivity contribution in [2.75, 3.05) is 13.9 Å². The van der Waals surface area contributed by atoms with Gasteiger partial charge in [-0.25, -0.2) is 10.2 Å². The van der Waals surface area contributed by atoms with Crippen molar-refractivity contribution in [2.24, 2.45) is 5.10 Å². The summed E-state index contributed by atoms with van der Waals surface area (Å²) in [5.41, 5.74) is 3.96. The number of carbonyl (C=O) groups excluding carboxylic acids is 2. The van der Waals surface area contributed by atoms with Crippen molar-refractivity contribution in [1.29, 1.82) is 0 Å². The highest BCUT2D eigenvalue weighted by molar-refractivity contribution is 6.05. The molecule has 8 nitrogen and oxygen atoms in total. The monoisotopic (exact) mass is 468 g/mol. The number of hydrogen-bond donors (Lipinski definition) is 1. The van der Waals surface area contributed by atoms with Crippen LogP contribution in [-0.4, -0.2) is 32.0 Å².